The minimum Gasteiger partial charge on any atom is -0.338 e. The van der Waals surface area contributed by atoms with Crippen LogP contribution in [0.25, 0.3) is 0 Å². The maximum atomic E-state index is 13.0. The number of H-pyrrole nitrogens is 1. The van der Waals surface area contributed by atoms with Gasteiger partial charge < -0.3 is 9.47 Å². The number of carbonyl (C=O) groups is 1. The molecule has 1 N–H and O–H groups in total. The van der Waals surface area contributed by atoms with Crippen molar-refractivity contribution in [1.29, 1.82) is 0 Å². The summed E-state index contributed by atoms with van der Waals surface area (Å²) in [5, 5.41) is 20.1. The van der Waals surface area contributed by atoms with Crippen LogP contribution in [0.4, 0.5) is 0 Å². The lowest BCUT2D eigenvalue weighted by atomic mass is 9.96. The van der Waals surface area contributed by atoms with Crippen molar-refractivity contribution in [3.8, 4) is 0 Å². The van der Waals surface area contributed by atoms with Crippen LogP contribution in [0.3, 0.4) is 0 Å². The summed E-state index contributed by atoms with van der Waals surface area (Å²) in [7, 11) is 1.99. The lowest BCUT2D eigenvalue weighted by Gasteiger charge is -2.32. The fourth-order valence-electron chi connectivity index (χ4n) is 3.89. The summed E-state index contributed by atoms with van der Waals surface area (Å²) < 4.78 is 3.87. The quantitative estimate of drug-likeness (QED) is 0.700. The number of likely N-dealkylation sites (tertiary alicyclic amines) is 1. The molecule has 0 aliphatic carbocycles. The molecule has 1 fully saturated rings. The van der Waals surface area contributed by atoms with E-state index in [1.807, 2.05) is 33.5 Å². The SMILES string of the molecule is CCCc1[nH]ncc1C(=O)N1CCC[C@H](c2nnc(Cn3cccn3)n2C)C1. The van der Waals surface area contributed by atoms with Crippen molar-refractivity contribution in [2.24, 2.45) is 7.05 Å². The number of rotatable bonds is 6. The van der Waals surface area contributed by atoms with E-state index in [1.54, 1.807) is 12.4 Å². The number of aryl methyl sites for hydroxylation is 1. The van der Waals surface area contributed by atoms with Crippen molar-refractivity contribution in [2.45, 2.75) is 45.1 Å². The van der Waals surface area contributed by atoms with Crippen LogP contribution in [0, 0.1) is 0 Å². The average Bonchev–Trinajstić information content (AvgIpc) is 3.45. The minimum atomic E-state index is 0.0563. The molecule has 1 atom stereocenters. The van der Waals surface area contributed by atoms with Crippen molar-refractivity contribution in [1.82, 2.24) is 39.6 Å². The van der Waals surface area contributed by atoms with Gasteiger partial charge in [0, 0.05) is 44.1 Å². The zero-order chi connectivity index (χ0) is 19.5. The summed E-state index contributed by atoms with van der Waals surface area (Å²) in [5.41, 5.74) is 1.62. The predicted octanol–water partition coefficient (Wildman–Crippen LogP) is 1.76. The Hall–Kier alpha value is -2.97. The molecule has 4 rings (SSSR count). The van der Waals surface area contributed by atoms with Gasteiger partial charge in [0.15, 0.2) is 5.82 Å². The normalized spacial score (nSPS) is 17.2. The van der Waals surface area contributed by atoms with Crippen LogP contribution in [0.2, 0.25) is 0 Å². The molecule has 3 aromatic heterocycles. The Balaban J connectivity index is 1.49. The Morgan fingerprint density at radius 3 is 3.04 bits per heavy atom. The van der Waals surface area contributed by atoms with E-state index in [2.05, 4.69) is 32.4 Å². The second-order valence-corrected chi connectivity index (χ2v) is 7.34. The van der Waals surface area contributed by atoms with Gasteiger partial charge in [-0.15, -0.1) is 10.2 Å². The highest BCUT2D eigenvalue weighted by Crippen LogP contribution is 2.27. The Morgan fingerprint density at radius 2 is 2.25 bits per heavy atom. The van der Waals surface area contributed by atoms with Crippen molar-refractivity contribution in [3.63, 3.8) is 0 Å². The summed E-state index contributed by atoms with van der Waals surface area (Å²) in [6.07, 6.45) is 9.09. The number of aromatic amines is 1. The Kier molecular flexibility index (Phi) is 5.23. The molecule has 0 unspecified atom stereocenters. The van der Waals surface area contributed by atoms with E-state index in [0.717, 1.165) is 49.6 Å². The predicted molar refractivity (Wildman–Crippen MR) is 103 cm³/mol. The molecule has 0 aromatic carbocycles. The number of hydrogen-bond donors (Lipinski definition) is 1. The Morgan fingerprint density at radius 1 is 1.36 bits per heavy atom. The van der Waals surface area contributed by atoms with Gasteiger partial charge in [-0.05, 0) is 25.3 Å². The molecule has 148 valence electrons. The van der Waals surface area contributed by atoms with E-state index < -0.39 is 0 Å². The highest BCUT2D eigenvalue weighted by molar-refractivity contribution is 5.95. The molecule has 9 heteroatoms. The highest BCUT2D eigenvalue weighted by Gasteiger charge is 2.30. The first-order chi connectivity index (χ1) is 13.7. The molecule has 3 aromatic rings. The molecule has 9 nitrogen and oxygen atoms in total. The van der Waals surface area contributed by atoms with Gasteiger partial charge in [0.1, 0.15) is 12.4 Å². The lowest BCUT2D eigenvalue weighted by molar-refractivity contribution is 0.0702. The number of nitrogens with one attached hydrogen (secondary N) is 1. The van der Waals surface area contributed by atoms with Gasteiger partial charge in [0.05, 0.1) is 11.8 Å². The van der Waals surface area contributed by atoms with Crippen LogP contribution in [0.1, 0.15) is 59.8 Å². The monoisotopic (exact) mass is 382 g/mol. The summed E-state index contributed by atoms with van der Waals surface area (Å²) in [4.78, 5) is 15.0. The number of carbonyl (C=O) groups excluding carboxylic acids is 1. The van der Waals surface area contributed by atoms with Crippen molar-refractivity contribution >= 4 is 5.91 Å². The van der Waals surface area contributed by atoms with Crippen LogP contribution in [-0.2, 0) is 20.0 Å². The molecule has 0 saturated carbocycles. The van der Waals surface area contributed by atoms with E-state index >= 15 is 0 Å². The second-order valence-electron chi connectivity index (χ2n) is 7.34. The van der Waals surface area contributed by atoms with Gasteiger partial charge >= 0.3 is 0 Å². The molecule has 28 heavy (non-hydrogen) atoms. The first-order valence-corrected chi connectivity index (χ1v) is 9.84. The van der Waals surface area contributed by atoms with E-state index in [9.17, 15) is 4.79 Å². The summed E-state index contributed by atoms with van der Waals surface area (Å²) in [6, 6.07) is 1.89. The first-order valence-electron chi connectivity index (χ1n) is 9.84. The number of hydrogen-bond acceptors (Lipinski definition) is 5. The first kappa shape index (κ1) is 18.4. The fourth-order valence-corrected chi connectivity index (χ4v) is 3.89. The third-order valence-electron chi connectivity index (χ3n) is 5.38. The van der Waals surface area contributed by atoms with Crippen LogP contribution >= 0.6 is 0 Å². The number of nitrogens with zero attached hydrogens (tertiary/aromatic N) is 7. The summed E-state index contributed by atoms with van der Waals surface area (Å²) in [5.74, 6) is 2.03. The molecular formula is C19H26N8O. The molecule has 4 heterocycles. The van der Waals surface area contributed by atoms with Crippen LogP contribution < -0.4 is 0 Å². The summed E-state index contributed by atoms with van der Waals surface area (Å²) >= 11 is 0. The number of piperidine rings is 1. The van der Waals surface area contributed by atoms with Gasteiger partial charge in [0.2, 0.25) is 0 Å². The van der Waals surface area contributed by atoms with Crippen molar-refractivity contribution in [3.05, 3.63) is 47.6 Å². The van der Waals surface area contributed by atoms with Crippen LogP contribution in [0.5, 0.6) is 0 Å². The topological polar surface area (TPSA) is 97.5 Å². The standard InChI is InChI=1S/C19H26N8O/c1-3-6-16-15(11-20-22-16)19(28)26-9-4-7-14(12-26)18-24-23-17(25(18)2)13-27-10-5-8-21-27/h5,8,10-11,14H,3-4,6-7,9,12-13H2,1-2H3,(H,20,22)/t14-/m0/s1. The molecule has 1 amide bonds. The minimum absolute atomic E-state index is 0.0563. The second kappa shape index (κ2) is 7.95. The average molecular weight is 382 g/mol. The van der Waals surface area contributed by atoms with Crippen LogP contribution in [-0.4, -0.2) is 58.6 Å². The van der Waals surface area contributed by atoms with Gasteiger partial charge in [-0.2, -0.15) is 10.2 Å². The van der Waals surface area contributed by atoms with E-state index in [4.69, 9.17) is 0 Å². The van der Waals surface area contributed by atoms with Crippen molar-refractivity contribution in [2.75, 3.05) is 13.1 Å². The highest BCUT2D eigenvalue weighted by atomic mass is 16.2. The third kappa shape index (κ3) is 3.56. The molecule has 0 bridgehead atoms. The smallest absolute Gasteiger partial charge is 0.257 e. The van der Waals surface area contributed by atoms with E-state index in [0.29, 0.717) is 18.7 Å². The molecule has 1 aliphatic rings. The maximum absolute atomic E-state index is 13.0. The molecule has 1 aliphatic heterocycles. The van der Waals surface area contributed by atoms with Gasteiger partial charge in [0.25, 0.3) is 5.91 Å². The Labute approximate surface area is 163 Å². The summed E-state index contributed by atoms with van der Waals surface area (Å²) in [6.45, 7) is 4.11. The fraction of sp³-hybridized carbons (Fsp3) is 0.526. The van der Waals surface area contributed by atoms with Crippen molar-refractivity contribution < 1.29 is 4.79 Å². The van der Waals surface area contributed by atoms with Gasteiger partial charge in [-0.25, -0.2) is 0 Å². The zero-order valence-electron chi connectivity index (χ0n) is 16.4. The van der Waals surface area contributed by atoms with Gasteiger partial charge in [-0.3, -0.25) is 14.6 Å². The largest absolute Gasteiger partial charge is 0.338 e. The number of amides is 1. The lowest BCUT2D eigenvalue weighted by Crippen LogP contribution is -2.40. The van der Waals surface area contributed by atoms with E-state index in [1.165, 1.54) is 0 Å². The third-order valence-corrected chi connectivity index (χ3v) is 5.38. The molecule has 0 radical (unpaired) electrons. The van der Waals surface area contributed by atoms with Crippen LogP contribution in [0.15, 0.2) is 24.7 Å². The zero-order valence-corrected chi connectivity index (χ0v) is 16.4. The Bertz CT molecular complexity index is 926. The molecule has 0 spiro atoms. The number of aromatic nitrogens is 7. The molecule has 1 saturated heterocycles. The van der Waals surface area contributed by atoms with E-state index in [-0.39, 0.29) is 11.8 Å². The molecular weight excluding hydrogens is 356 g/mol. The maximum Gasteiger partial charge on any atom is 0.257 e. The van der Waals surface area contributed by atoms with Gasteiger partial charge in [-0.1, -0.05) is 13.3 Å².